The maximum Gasteiger partial charge on any atom is 0.227 e. The second-order valence-corrected chi connectivity index (χ2v) is 5.07. The lowest BCUT2D eigenvalue weighted by atomic mass is 10.1. The molecule has 1 aromatic rings. The quantitative estimate of drug-likeness (QED) is 0.842. The Kier molecular flexibility index (Phi) is 4.04. The molecule has 0 bridgehead atoms. The Morgan fingerprint density at radius 3 is 2.90 bits per heavy atom. The maximum absolute atomic E-state index is 12.1. The van der Waals surface area contributed by atoms with Crippen LogP contribution in [0.4, 0.5) is 5.69 Å². The summed E-state index contributed by atoms with van der Waals surface area (Å²) in [7, 11) is 0. The Morgan fingerprint density at radius 2 is 2.25 bits per heavy atom. The topological polar surface area (TPSA) is 73.2 Å². The summed E-state index contributed by atoms with van der Waals surface area (Å²) >= 11 is 0. The molecule has 104 valence electrons. The molecule has 2 amide bonds. The summed E-state index contributed by atoms with van der Waals surface area (Å²) in [6.45, 7) is 4.31. The van der Waals surface area contributed by atoms with Crippen LogP contribution < -0.4 is 10.2 Å². The second kappa shape index (κ2) is 5.74. The third-order valence-electron chi connectivity index (χ3n) is 3.48. The highest BCUT2D eigenvalue weighted by molar-refractivity contribution is 6.00. The number of carbonyl (C=O) groups excluding carboxylic acids is 2. The fraction of sp³-hybridized carbons (Fsp3) is 0.400. The van der Waals surface area contributed by atoms with Crippen LogP contribution in [0.15, 0.2) is 18.2 Å². The molecule has 5 nitrogen and oxygen atoms in total. The Bertz CT molecular complexity index is 589. The summed E-state index contributed by atoms with van der Waals surface area (Å²) in [5, 5.41) is 11.0. The van der Waals surface area contributed by atoms with E-state index >= 15 is 0 Å². The van der Waals surface area contributed by atoms with Crippen molar-refractivity contribution in [1.82, 2.24) is 5.32 Å². The van der Waals surface area contributed by atoms with Crippen molar-refractivity contribution >= 4 is 17.5 Å². The van der Waals surface area contributed by atoms with Gasteiger partial charge in [-0.2, -0.15) is 5.26 Å². The summed E-state index contributed by atoms with van der Waals surface area (Å²) in [6.07, 6.45) is 0.199. The number of nitrogens with zero attached hydrogens (tertiary/aromatic N) is 2. The minimum atomic E-state index is -0.378. The fourth-order valence-electron chi connectivity index (χ4n) is 2.50. The Morgan fingerprint density at radius 1 is 1.50 bits per heavy atom. The average Bonchev–Trinajstić information content (AvgIpc) is 2.78. The van der Waals surface area contributed by atoms with Gasteiger partial charge >= 0.3 is 0 Å². The van der Waals surface area contributed by atoms with E-state index in [0.29, 0.717) is 6.54 Å². The van der Waals surface area contributed by atoms with Crippen molar-refractivity contribution in [2.75, 3.05) is 18.0 Å². The lowest BCUT2D eigenvalue weighted by Gasteiger charge is -2.19. The van der Waals surface area contributed by atoms with Crippen LogP contribution >= 0.6 is 0 Å². The van der Waals surface area contributed by atoms with Crippen molar-refractivity contribution in [2.24, 2.45) is 5.92 Å². The summed E-state index contributed by atoms with van der Waals surface area (Å²) in [6, 6.07) is 7.75. The van der Waals surface area contributed by atoms with E-state index < -0.39 is 0 Å². The minimum absolute atomic E-state index is 0.0208. The molecule has 1 fully saturated rings. The monoisotopic (exact) mass is 271 g/mol. The average molecular weight is 271 g/mol. The van der Waals surface area contributed by atoms with Crippen molar-refractivity contribution in [3.05, 3.63) is 29.3 Å². The highest BCUT2D eigenvalue weighted by Gasteiger charge is 2.35. The zero-order valence-corrected chi connectivity index (χ0v) is 11.6. The number of hydrogen-bond acceptors (Lipinski definition) is 3. The lowest BCUT2D eigenvalue weighted by molar-refractivity contribution is -0.126. The normalized spacial score (nSPS) is 17.9. The molecule has 1 unspecified atom stereocenters. The minimum Gasteiger partial charge on any atom is -0.343 e. The SMILES string of the molecule is Cc1ccc(N2CC(C(=O)NCC#N)CC2=O)c(C)c1. The molecular formula is C15H17N3O2. The molecule has 1 atom stereocenters. The Hall–Kier alpha value is -2.35. The Balaban J connectivity index is 2.13. The van der Waals surface area contributed by atoms with Gasteiger partial charge in [0.05, 0.1) is 12.0 Å². The number of amides is 2. The van der Waals surface area contributed by atoms with Crippen molar-refractivity contribution in [3.8, 4) is 6.07 Å². The van der Waals surface area contributed by atoms with Crippen LogP contribution in [0.25, 0.3) is 0 Å². The molecule has 0 aromatic heterocycles. The number of rotatable bonds is 3. The second-order valence-electron chi connectivity index (χ2n) is 5.07. The van der Waals surface area contributed by atoms with Gasteiger partial charge in [0.2, 0.25) is 11.8 Å². The first-order valence-electron chi connectivity index (χ1n) is 6.55. The van der Waals surface area contributed by atoms with Crippen LogP contribution in [0.1, 0.15) is 17.5 Å². The molecule has 1 saturated heterocycles. The van der Waals surface area contributed by atoms with Gasteiger partial charge in [-0.1, -0.05) is 17.7 Å². The summed E-state index contributed by atoms with van der Waals surface area (Å²) in [4.78, 5) is 25.6. The summed E-state index contributed by atoms with van der Waals surface area (Å²) in [5.41, 5.74) is 3.02. The molecule has 1 heterocycles. The first-order chi connectivity index (χ1) is 9.52. The molecule has 0 radical (unpaired) electrons. The van der Waals surface area contributed by atoms with Gasteiger partial charge in [-0.05, 0) is 25.5 Å². The van der Waals surface area contributed by atoms with Crippen LogP contribution in [-0.2, 0) is 9.59 Å². The highest BCUT2D eigenvalue weighted by Crippen LogP contribution is 2.28. The van der Waals surface area contributed by atoms with E-state index in [0.717, 1.165) is 16.8 Å². The number of nitrogens with one attached hydrogen (secondary N) is 1. The Labute approximate surface area is 118 Å². The number of anilines is 1. The molecule has 20 heavy (non-hydrogen) atoms. The van der Waals surface area contributed by atoms with Gasteiger partial charge in [0.15, 0.2) is 0 Å². The first kappa shape index (κ1) is 14.1. The molecular weight excluding hydrogens is 254 g/mol. The van der Waals surface area contributed by atoms with Crippen LogP contribution in [0.3, 0.4) is 0 Å². The van der Waals surface area contributed by atoms with Gasteiger partial charge < -0.3 is 10.2 Å². The third-order valence-corrected chi connectivity index (χ3v) is 3.48. The summed E-state index contributed by atoms with van der Waals surface area (Å²) < 4.78 is 0. The van der Waals surface area contributed by atoms with Gasteiger partial charge in [0.1, 0.15) is 6.54 Å². The van der Waals surface area contributed by atoms with Crippen LogP contribution in [0, 0.1) is 31.1 Å². The standard InChI is InChI=1S/C15H17N3O2/c1-10-3-4-13(11(2)7-10)18-9-12(8-14(18)19)15(20)17-6-5-16/h3-4,7,12H,6,8-9H2,1-2H3,(H,17,20). The van der Waals surface area contributed by atoms with Crippen LogP contribution in [0.2, 0.25) is 0 Å². The van der Waals surface area contributed by atoms with Gasteiger partial charge in [-0.25, -0.2) is 0 Å². The lowest BCUT2D eigenvalue weighted by Crippen LogP contribution is -2.33. The van der Waals surface area contributed by atoms with E-state index in [1.807, 2.05) is 38.1 Å². The summed E-state index contributed by atoms with van der Waals surface area (Å²) in [5.74, 6) is -0.655. The van der Waals surface area contributed by atoms with Gasteiger partial charge in [0, 0.05) is 18.7 Å². The predicted molar refractivity (Wildman–Crippen MR) is 75.0 cm³/mol. The molecule has 0 aliphatic carbocycles. The van der Waals surface area contributed by atoms with Gasteiger partial charge in [-0.3, -0.25) is 9.59 Å². The number of benzene rings is 1. The molecule has 1 aromatic carbocycles. The smallest absolute Gasteiger partial charge is 0.227 e. The van der Waals surface area contributed by atoms with Crippen LogP contribution in [-0.4, -0.2) is 24.9 Å². The molecule has 1 aliphatic rings. The molecule has 1 aliphatic heterocycles. The number of nitriles is 1. The molecule has 1 N–H and O–H groups in total. The highest BCUT2D eigenvalue weighted by atomic mass is 16.2. The zero-order chi connectivity index (χ0) is 14.7. The third kappa shape index (κ3) is 2.80. The van der Waals surface area contributed by atoms with E-state index in [1.165, 1.54) is 0 Å². The van der Waals surface area contributed by atoms with E-state index in [1.54, 1.807) is 4.90 Å². The number of carbonyl (C=O) groups is 2. The zero-order valence-electron chi connectivity index (χ0n) is 11.6. The van der Waals surface area contributed by atoms with Crippen molar-refractivity contribution in [2.45, 2.75) is 20.3 Å². The largest absolute Gasteiger partial charge is 0.343 e. The maximum atomic E-state index is 12.1. The number of aryl methyl sites for hydroxylation is 2. The molecule has 5 heteroatoms. The van der Waals surface area contributed by atoms with E-state index in [-0.39, 0.29) is 30.7 Å². The van der Waals surface area contributed by atoms with Crippen molar-refractivity contribution < 1.29 is 9.59 Å². The molecule has 0 saturated carbocycles. The van der Waals surface area contributed by atoms with Crippen molar-refractivity contribution in [3.63, 3.8) is 0 Å². The van der Waals surface area contributed by atoms with Crippen LogP contribution in [0.5, 0.6) is 0 Å². The molecule has 0 spiro atoms. The van der Waals surface area contributed by atoms with Gasteiger partial charge in [-0.15, -0.1) is 0 Å². The first-order valence-corrected chi connectivity index (χ1v) is 6.55. The van der Waals surface area contributed by atoms with E-state index in [4.69, 9.17) is 5.26 Å². The van der Waals surface area contributed by atoms with Crippen molar-refractivity contribution in [1.29, 1.82) is 5.26 Å². The number of hydrogen-bond donors (Lipinski definition) is 1. The fourth-order valence-corrected chi connectivity index (χ4v) is 2.50. The van der Waals surface area contributed by atoms with E-state index in [9.17, 15) is 9.59 Å². The predicted octanol–water partition coefficient (Wildman–Crippen LogP) is 1.30. The van der Waals surface area contributed by atoms with E-state index in [2.05, 4.69) is 5.32 Å². The molecule has 2 rings (SSSR count). The van der Waals surface area contributed by atoms with Gasteiger partial charge in [0.25, 0.3) is 0 Å².